The molecule has 1 N–H and O–H groups in total. The largest absolute Gasteiger partial charge is 0.310 e. The van der Waals surface area contributed by atoms with Gasteiger partial charge >= 0.3 is 0 Å². The van der Waals surface area contributed by atoms with Gasteiger partial charge in [-0.25, -0.2) is 4.68 Å². The summed E-state index contributed by atoms with van der Waals surface area (Å²) in [7, 11) is 0. The van der Waals surface area contributed by atoms with E-state index in [0.29, 0.717) is 6.04 Å². The van der Waals surface area contributed by atoms with Crippen LogP contribution in [0.4, 0.5) is 0 Å². The predicted molar refractivity (Wildman–Crippen MR) is 85.3 cm³/mol. The SMILES string of the molecule is Cc1nn(-c2cc(Br)ccc2CNC2CC2)c(C)c1C. The molecule has 0 saturated heterocycles. The summed E-state index contributed by atoms with van der Waals surface area (Å²) < 4.78 is 3.16. The van der Waals surface area contributed by atoms with Crippen molar-refractivity contribution in [2.45, 2.75) is 46.2 Å². The minimum Gasteiger partial charge on any atom is -0.310 e. The average Bonchev–Trinajstić information content (AvgIpc) is 3.21. The van der Waals surface area contributed by atoms with E-state index >= 15 is 0 Å². The molecule has 0 spiro atoms. The number of nitrogens with zero attached hydrogens (tertiary/aromatic N) is 2. The molecule has 0 unspecified atom stereocenters. The van der Waals surface area contributed by atoms with Gasteiger partial charge in [-0.3, -0.25) is 0 Å². The lowest BCUT2D eigenvalue weighted by molar-refractivity contribution is 0.679. The molecular formula is C16H20BrN3. The van der Waals surface area contributed by atoms with Gasteiger partial charge in [-0.1, -0.05) is 22.0 Å². The summed E-state index contributed by atoms with van der Waals surface area (Å²) in [5.74, 6) is 0. The Labute approximate surface area is 128 Å². The van der Waals surface area contributed by atoms with E-state index in [2.05, 4.69) is 64.9 Å². The van der Waals surface area contributed by atoms with Gasteiger partial charge in [0, 0.05) is 22.8 Å². The Balaban J connectivity index is 2.00. The van der Waals surface area contributed by atoms with E-state index in [1.807, 2.05) is 0 Å². The first-order valence-electron chi connectivity index (χ1n) is 7.11. The van der Waals surface area contributed by atoms with Crippen molar-refractivity contribution < 1.29 is 0 Å². The lowest BCUT2D eigenvalue weighted by Gasteiger charge is -2.13. The van der Waals surface area contributed by atoms with Crippen LogP contribution in [-0.4, -0.2) is 15.8 Å². The summed E-state index contributed by atoms with van der Waals surface area (Å²) in [6.45, 7) is 7.24. The highest BCUT2D eigenvalue weighted by atomic mass is 79.9. The predicted octanol–water partition coefficient (Wildman–Crippen LogP) is 3.81. The second-order valence-corrected chi connectivity index (χ2v) is 6.55. The fourth-order valence-electron chi connectivity index (χ4n) is 2.38. The molecule has 106 valence electrons. The van der Waals surface area contributed by atoms with Gasteiger partial charge in [0.05, 0.1) is 11.4 Å². The summed E-state index contributed by atoms with van der Waals surface area (Å²) in [6, 6.07) is 7.16. The number of hydrogen-bond acceptors (Lipinski definition) is 2. The van der Waals surface area contributed by atoms with Crippen LogP contribution in [0.5, 0.6) is 0 Å². The number of aromatic nitrogens is 2. The quantitative estimate of drug-likeness (QED) is 0.921. The van der Waals surface area contributed by atoms with Crippen molar-refractivity contribution in [1.29, 1.82) is 0 Å². The number of benzene rings is 1. The van der Waals surface area contributed by atoms with Crippen molar-refractivity contribution in [3.05, 3.63) is 45.2 Å². The molecule has 1 heterocycles. The molecule has 2 aromatic rings. The number of hydrogen-bond donors (Lipinski definition) is 1. The third kappa shape index (κ3) is 2.67. The highest BCUT2D eigenvalue weighted by molar-refractivity contribution is 9.10. The van der Waals surface area contributed by atoms with E-state index in [9.17, 15) is 0 Å². The molecule has 0 bridgehead atoms. The van der Waals surface area contributed by atoms with Gasteiger partial charge in [-0.05, 0) is 56.9 Å². The Morgan fingerprint density at radius 2 is 2.05 bits per heavy atom. The van der Waals surface area contributed by atoms with Gasteiger partial charge in [0.25, 0.3) is 0 Å². The third-order valence-corrected chi connectivity index (χ3v) is 4.58. The van der Waals surface area contributed by atoms with Gasteiger partial charge in [-0.15, -0.1) is 0 Å². The van der Waals surface area contributed by atoms with Crippen molar-refractivity contribution in [3.8, 4) is 5.69 Å². The zero-order chi connectivity index (χ0) is 14.3. The molecule has 20 heavy (non-hydrogen) atoms. The zero-order valence-electron chi connectivity index (χ0n) is 12.2. The molecule has 1 saturated carbocycles. The Hall–Kier alpha value is -1.13. The van der Waals surface area contributed by atoms with E-state index in [-0.39, 0.29) is 0 Å². The molecule has 3 rings (SSSR count). The van der Waals surface area contributed by atoms with Crippen LogP contribution in [0.2, 0.25) is 0 Å². The lowest BCUT2D eigenvalue weighted by Crippen LogP contribution is -2.17. The molecule has 1 aromatic heterocycles. The average molecular weight is 334 g/mol. The first-order valence-corrected chi connectivity index (χ1v) is 7.90. The summed E-state index contributed by atoms with van der Waals surface area (Å²) in [5.41, 5.74) is 6.05. The molecule has 0 amide bonds. The third-order valence-electron chi connectivity index (χ3n) is 4.09. The highest BCUT2D eigenvalue weighted by Crippen LogP contribution is 2.25. The summed E-state index contributed by atoms with van der Waals surface area (Å²) >= 11 is 3.57. The fourth-order valence-corrected chi connectivity index (χ4v) is 2.73. The second-order valence-electron chi connectivity index (χ2n) is 5.64. The smallest absolute Gasteiger partial charge is 0.0705 e. The van der Waals surface area contributed by atoms with Crippen molar-refractivity contribution in [1.82, 2.24) is 15.1 Å². The Morgan fingerprint density at radius 1 is 1.30 bits per heavy atom. The van der Waals surface area contributed by atoms with E-state index < -0.39 is 0 Å². The fraction of sp³-hybridized carbons (Fsp3) is 0.438. The van der Waals surface area contributed by atoms with Crippen LogP contribution in [0, 0.1) is 20.8 Å². The maximum absolute atomic E-state index is 4.69. The van der Waals surface area contributed by atoms with Crippen LogP contribution in [-0.2, 0) is 6.54 Å². The van der Waals surface area contributed by atoms with Crippen molar-refractivity contribution >= 4 is 15.9 Å². The molecule has 0 radical (unpaired) electrons. The van der Waals surface area contributed by atoms with Gasteiger partial charge < -0.3 is 5.32 Å². The topological polar surface area (TPSA) is 29.9 Å². The Kier molecular flexibility index (Phi) is 3.69. The maximum Gasteiger partial charge on any atom is 0.0705 e. The number of nitrogens with one attached hydrogen (secondary N) is 1. The minimum absolute atomic E-state index is 0.716. The van der Waals surface area contributed by atoms with Crippen LogP contribution >= 0.6 is 15.9 Å². The van der Waals surface area contributed by atoms with Crippen molar-refractivity contribution in [2.75, 3.05) is 0 Å². The van der Waals surface area contributed by atoms with Gasteiger partial charge in [0.1, 0.15) is 0 Å². The second kappa shape index (κ2) is 5.34. The van der Waals surface area contributed by atoms with Crippen LogP contribution < -0.4 is 5.32 Å². The van der Waals surface area contributed by atoms with Gasteiger partial charge in [0.15, 0.2) is 0 Å². The molecule has 1 aromatic carbocycles. The molecule has 3 nitrogen and oxygen atoms in total. The minimum atomic E-state index is 0.716. The number of aryl methyl sites for hydroxylation is 1. The molecule has 1 aliphatic carbocycles. The summed E-state index contributed by atoms with van der Waals surface area (Å²) in [5, 5.41) is 8.28. The standard InChI is InChI=1S/C16H20BrN3/c1-10-11(2)19-20(12(10)3)16-8-14(17)5-4-13(16)9-18-15-6-7-15/h4-5,8,15,18H,6-7,9H2,1-3H3. The monoisotopic (exact) mass is 333 g/mol. The summed E-state index contributed by atoms with van der Waals surface area (Å²) in [4.78, 5) is 0. The first-order chi connectivity index (χ1) is 9.56. The lowest BCUT2D eigenvalue weighted by atomic mass is 10.1. The van der Waals surface area contributed by atoms with E-state index in [1.54, 1.807) is 0 Å². The Bertz CT molecular complexity index is 641. The number of rotatable bonds is 4. The summed E-state index contributed by atoms with van der Waals surface area (Å²) in [6.07, 6.45) is 2.62. The zero-order valence-corrected chi connectivity index (χ0v) is 13.8. The number of halogens is 1. The molecule has 0 aliphatic heterocycles. The molecule has 1 aliphatic rings. The first kappa shape index (κ1) is 13.8. The van der Waals surface area contributed by atoms with E-state index in [1.165, 1.54) is 35.3 Å². The van der Waals surface area contributed by atoms with E-state index in [4.69, 9.17) is 5.10 Å². The Morgan fingerprint density at radius 3 is 2.65 bits per heavy atom. The molecule has 0 atom stereocenters. The molecule has 1 fully saturated rings. The highest BCUT2D eigenvalue weighted by Gasteiger charge is 2.21. The van der Waals surface area contributed by atoms with Crippen LogP contribution in [0.3, 0.4) is 0 Å². The maximum atomic E-state index is 4.69. The van der Waals surface area contributed by atoms with Crippen LogP contribution in [0.1, 0.15) is 35.4 Å². The molecule has 4 heteroatoms. The van der Waals surface area contributed by atoms with E-state index in [0.717, 1.165) is 16.7 Å². The molecular weight excluding hydrogens is 314 g/mol. The van der Waals surface area contributed by atoms with Crippen molar-refractivity contribution in [3.63, 3.8) is 0 Å². The van der Waals surface area contributed by atoms with Gasteiger partial charge in [-0.2, -0.15) is 5.10 Å². The van der Waals surface area contributed by atoms with Crippen molar-refractivity contribution in [2.24, 2.45) is 0 Å². The van der Waals surface area contributed by atoms with Crippen LogP contribution in [0.15, 0.2) is 22.7 Å². The van der Waals surface area contributed by atoms with Gasteiger partial charge in [0.2, 0.25) is 0 Å². The normalized spacial score (nSPS) is 14.8. The van der Waals surface area contributed by atoms with Crippen LogP contribution in [0.25, 0.3) is 5.69 Å².